The summed E-state index contributed by atoms with van der Waals surface area (Å²) in [6.45, 7) is 4.91. The van der Waals surface area contributed by atoms with Gasteiger partial charge in [0.2, 0.25) is 5.91 Å². The summed E-state index contributed by atoms with van der Waals surface area (Å²) >= 11 is 0. The Morgan fingerprint density at radius 2 is 1.90 bits per heavy atom. The van der Waals surface area contributed by atoms with Crippen molar-refractivity contribution in [2.75, 3.05) is 31.2 Å². The van der Waals surface area contributed by atoms with Gasteiger partial charge in [0.05, 0.1) is 24.3 Å². The molecule has 8 heteroatoms. The molecule has 4 rings (SSSR count). The maximum atomic E-state index is 12.6. The minimum atomic E-state index is -0.272. The van der Waals surface area contributed by atoms with Gasteiger partial charge in [-0.2, -0.15) is 5.10 Å². The zero-order valence-corrected chi connectivity index (χ0v) is 16.3. The molecule has 2 aromatic heterocycles. The molecule has 3 heterocycles. The predicted molar refractivity (Wildman–Crippen MR) is 110 cm³/mol. The molecule has 29 heavy (non-hydrogen) atoms. The van der Waals surface area contributed by atoms with E-state index in [2.05, 4.69) is 20.3 Å². The summed E-state index contributed by atoms with van der Waals surface area (Å²) in [5.41, 5.74) is 1.38. The number of nitrogens with zero attached hydrogens (tertiary/aromatic N) is 4. The molecule has 1 amide bonds. The van der Waals surface area contributed by atoms with Crippen LogP contribution >= 0.6 is 0 Å². The van der Waals surface area contributed by atoms with Gasteiger partial charge in [-0.3, -0.25) is 9.59 Å². The third kappa shape index (κ3) is 4.12. The highest BCUT2D eigenvalue weighted by Gasteiger charge is 2.16. The van der Waals surface area contributed by atoms with Crippen LogP contribution in [-0.4, -0.2) is 47.0 Å². The topological polar surface area (TPSA) is 89.3 Å². The summed E-state index contributed by atoms with van der Waals surface area (Å²) in [5, 5.41) is 8.55. The first-order chi connectivity index (χ1) is 14.1. The van der Waals surface area contributed by atoms with E-state index < -0.39 is 0 Å². The monoisotopic (exact) mass is 393 g/mol. The van der Waals surface area contributed by atoms with Gasteiger partial charge in [-0.1, -0.05) is 24.3 Å². The van der Waals surface area contributed by atoms with Crippen LogP contribution in [0.15, 0.2) is 47.4 Å². The van der Waals surface area contributed by atoms with E-state index in [0.717, 1.165) is 35.6 Å². The molecule has 0 bridgehead atoms. The predicted octanol–water partition coefficient (Wildman–Crippen LogP) is 1.25. The van der Waals surface area contributed by atoms with Crippen LogP contribution in [-0.2, 0) is 22.6 Å². The largest absolute Gasteiger partial charge is 0.378 e. The Balaban J connectivity index is 1.47. The van der Waals surface area contributed by atoms with Gasteiger partial charge in [0.15, 0.2) is 0 Å². The Morgan fingerprint density at radius 3 is 2.69 bits per heavy atom. The highest BCUT2D eigenvalue weighted by molar-refractivity contribution is 5.83. The van der Waals surface area contributed by atoms with Crippen molar-refractivity contribution in [3.8, 4) is 0 Å². The van der Waals surface area contributed by atoms with E-state index in [9.17, 15) is 9.59 Å². The van der Waals surface area contributed by atoms with Crippen LogP contribution in [0, 0.1) is 6.92 Å². The molecule has 1 aromatic carbocycles. The second-order valence-corrected chi connectivity index (χ2v) is 6.96. The summed E-state index contributed by atoms with van der Waals surface area (Å²) in [4.78, 5) is 31.8. The quantitative estimate of drug-likeness (QED) is 0.702. The van der Waals surface area contributed by atoms with Crippen LogP contribution in [0.3, 0.4) is 0 Å². The van der Waals surface area contributed by atoms with E-state index in [4.69, 9.17) is 4.74 Å². The molecule has 0 radical (unpaired) electrons. The van der Waals surface area contributed by atoms with Gasteiger partial charge in [-0.05, 0) is 19.1 Å². The molecule has 8 nitrogen and oxygen atoms in total. The Morgan fingerprint density at radius 1 is 1.14 bits per heavy atom. The lowest BCUT2D eigenvalue weighted by Crippen LogP contribution is -2.38. The molecular weight excluding hydrogens is 370 g/mol. The SMILES string of the molecule is Cc1nn(CC(=O)NCc2cccnc2N2CCOCC2)c(=O)c2ccccc12. The minimum Gasteiger partial charge on any atom is -0.378 e. The molecule has 0 unspecified atom stereocenters. The highest BCUT2D eigenvalue weighted by Crippen LogP contribution is 2.18. The summed E-state index contributed by atoms with van der Waals surface area (Å²) in [6.07, 6.45) is 1.75. The maximum Gasteiger partial charge on any atom is 0.275 e. The Kier molecular flexibility index (Phi) is 5.53. The fourth-order valence-electron chi connectivity index (χ4n) is 3.53. The lowest BCUT2D eigenvalue weighted by atomic mass is 10.1. The Bertz CT molecular complexity index is 1090. The average Bonchev–Trinajstić information content (AvgIpc) is 2.77. The number of hydrogen-bond acceptors (Lipinski definition) is 6. The normalized spacial score (nSPS) is 14.2. The Hall–Kier alpha value is -3.26. The highest BCUT2D eigenvalue weighted by atomic mass is 16.5. The van der Waals surface area contributed by atoms with E-state index in [-0.39, 0.29) is 18.0 Å². The van der Waals surface area contributed by atoms with Crippen molar-refractivity contribution in [2.24, 2.45) is 0 Å². The van der Waals surface area contributed by atoms with Crippen LogP contribution in [0.1, 0.15) is 11.3 Å². The van der Waals surface area contributed by atoms with Gasteiger partial charge in [-0.15, -0.1) is 0 Å². The molecule has 1 saturated heterocycles. The molecule has 1 fully saturated rings. The number of hydrogen-bond donors (Lipinski definition) is 1. The first-order valence-electron chi connectivity index (χ1n) is 9.63. The number of morpholine rings is 1. The van der Waals surface area contributed by atoms with Crippen molar-refractivity contribution in [2.45, 2.75) is 20.0 Å². The number of amides is 1. The van der Waals surface area contributed by atoms with E-state index >= 15 is 0 Å². The van der Waals surface area contributed by atoms with E-state index in [1.807, 2.05) is 37.3 Å². The zero-order valence-electron chi connectivity index (χ0n) is 16.3. The molecule has 0 saturated carbocycles. The summed E-state index contributed by atoms with van der Waals surface area (Å²) in [5.74, 6) is 0.582. The third-order valence-electron chi connectivity index (χ3n) is 5.00. The van der Waals surface area contributed by atoms with Gasteiger partial charge in [0.1, 0.15) is 12.4 Å². The number of benzene rings is 1. The van der Waals surface area contributed by atoms with Crippen molar-refractivity contribution >= 4 is 22.5 Å². The van der Waals surface area contributed by atoms with Crippen molar-refractivity contribution < 1.29 is 9.53 Å². The standard InChI is InChI=1S/C21H23N5O3/c1-15-17-6-2-3-7-18(17)21(28)26(24-15)14-19(27)23-13-16-5-4-8-22-20(16)25-9-11-29-12-10-25/h2-8H,9-14H2,1H3,(H,23,27). The van der Waals surface area contributed by atoms with Gasteiger partial charge in [0.25, 0.3) is 5.56 Å². The number of carbonyl (C=O) groups excluding carboxylic acids is 1. The van der Waals surface area contributed by atoms with Crippen molar-refractivity contribution in [3.05, 3.63) is 64.2 Å². The van der Waals surface area contributed by atoms with Crippen molar-refractivity contribution in [1.82, 2.24) is 20.1 Å². The molecular formula is C21H23N5O3. The molecule has 0 atom stereocenters. The summed E-state index contributed by atoms with van der Waals surface area (Å²) in [6, 6.07) is 11.1. The Labute approximate surface area is 168 Å². The van der Waals surface area contributed by atoms with Crippen molar-refractivity contribution in [3.63, 3.8) is 0 Å². The number of aromatic nitrogens is 3. The van der Waals surface area contributed by atoms with E-state index in [1.165, 1.54) is 4.68 Å². The second-order valence-electron chi connectivity index (χ2n) is 6.96. The lowest BCUT2D eigenvalue weighted by Gasteiger charge is -2.29. The van der Waals surface area contributed by atoms with Crippen LogP contribution in [0.5, 0.6) is 0 Å². The van der Waals surface area contributed by atoms with Crippen LogP contribution < -0.4 is 15.8 Å². The molecule has 150 valence electrons. The smallest absolute Gasteiger partial charge is 0.275 e. The first-order valence-corrected chi connectivity index (χ1v) is 9.63. The molecule has 3 aromatic rings. The van der Waals surface area contributed by atoms with E-state index in [1.54, 1.807) is 12.3 Å². The number of aryl methyl sites for hydroxylation is 1. The first kappa shape index (κ1) is 19.1. The second kappa shape index (κ2) is 8.40. The number of carbonyl (C=O) groups is 1. The number of ether oxygens (including phenoxy) is 1. The molecule has 1 aliphatic heterocycles. The van der Waals surface area contributed by atoms with Crippen LogP contribution in [0.4, 0.5) is 5.82 Å². The number of nitrogens with one attached hydrogen (secondary N) is 1. The van der Waals surface area contributed by atoms with Crippen LogP contribution in [0.25, 0.3) is 10.8 Å². The lowest BCUT2D eigenvalue weighted by molar-refractivity contribution is -0.122. The van der Waals surface area contributed by atoms with Gasteiger partial charge in [0, 0.05) is 36.8 Å². The summed E-state index contributed by atoms with van der Waals surface area (Å²) < 4.78 is 6.62. The fraction of sp³-hybridized carbons (Fsp3) is 0.333. The number of anilines is 1. The fourth-order valence-corrected chi connectivity index (χ4v) is 3.53. The maximum absolute atomic E-state index is 12.6. The zero-order chi connectivity index (χ0) is 20.2. The molecule has 1 N–H and O–H groups in total. The van der Waals surface area contributed by atoms with Gasteiger partial charge >= 0.3 is 0 Å². The van der Waals surface area contributed by atoms with Crippen molar-refractivity contribution in [1.29, 1.82) is 0 Å². The minimum absolute atomic E-state index is 0.127. The third-order valence-corrected chi connectivity index (χ3v) is 5.00. The summed E-state index contributed by atoms with van der Waals surface area (Å²) in [7, 11) is 0. The van der Waals surface area contributed by atoms with Gasteiger partial charge in [-0.25, -0.2) is 9.67 Å². The number of rotatable bonds is 5. The van der Waals surface area contributed by atoms with E-state index in [0.29, 0.717) is 25.1 Å². The molecule has 0 spiro atoms. The van der Waals surface area contributed by atoms with Gasteiger partial charge < -0.3 is 15.0 Å². The molecule has 0 aliphatic carbocycles. The number of fused-ring (bicyclic) bond motifs is 1. The van der Waals surface area contributed by atoms with Crippen LogP contribution in [0.2, 0.25) is 0 Å². The number of pyridine rings is 1. The average molecular weight is 393 g/mol. The molecule has 1 aliphatic rings.